The second-order valence-electron chi connectivity index (χ2n) is 3.02. The lowest BCUT2D eigenvalue weighted by Gasteiger charge is -2.04. The van der Waals surface area contributed by atoms with E-state index in [-0.39, 0.29) is 18.6 Å². The molecule has 0 spiro atoms. The highest BCUT2D eigenvalue weighted by Gasteiger charge is 2.09. The zero-order chi connectivity index (χ0) is 11.7. The maximum Gasteiger partial charge on any atom is 0.303 e. The van der Waals surface area contributed by atoms with Crippen LogP contribution < -0.4 is 4.72 Å². The van der Waals surface area contributed by atoms with Crippen molar-refractivity contribution in [3.05, 3.63) is 0 Å². The first-order valence-electron chi connectivity index (χ1n) is 4.60. The van der Waals surface area contributed by atoms with Crippen molar-refractivity contribution in [1.82, 2.24) is 4.72 Å². The lowest BCUT2D eigenvalue weighted by Crippen LogP contribution is -2.27. The van der Waals surface area contributed by atoms with Crippen LogP contribution in [0.3, 0.4) is 0 Å². The molecule has 0 rings (SSSR count). The third kappa shape index (κ3) is 9.25. The normalized spacial score (nSPS) is 10.9. The van der Waals surface area contributed by atoms with Gasteiger partial charge in [-0.05, 0) is 12.8 Å². The molecule has 0 aromatic heterocycles. The summed E-state index contributed by atoms with van der Waals surface area (Å²) in [6, 6.07) is 0. The van der Waals surface area contributed by atoms with Gasteiger partial charge < -0.3 is 5.11 Å². The minimum atomic E-state index is -3.34. The minimum absolute atomic E-state index is 0.125. The number of terminal acetylenes is 1. The highest BCUT2D eigenvalue weighted by molar-refractivity contribution is 7.89. The number of sulfonamides is 1. The van der Waals surface area contributed by atoms with Crippen LogP contribution in [0, 0.1) is 12.3 Å². The Labute approximate surface area is 89.9 Å². The molecule has 0 aliphatic rings. The van der Waals surface area contributed by atoms with E-state index in [4.69, 9.17) is 11.5 Å². The van der Waals surface area contributed by atoms with E-state index in [0.717, 1.165) is 0 Å². The first kappa shape index (κ1) is 13.9. The molecule has 0 heterocycles. The molecule has 5 nitrogen and oxygen atoms in total. The van der Waals surface area contributed by atoms with Crippen LogP contribution in [-0.2, 0) is 14.8 Å². The summed E-state index contributed by atoms with van der Waals surface area (Å²) >= 11 is 0. The van der Waals surface area contributed by atoms with Gasteiger partial charge in [0.1, 0.15) is 0 Å². The molecule has 15 heavy (non-hydrogen) atoms. The van der Waals surface area contributed by atoms with Crippen LogP contribution in [0.1, 0.15) is 25.7 Å². The van der Waals surface area contributed by atoms with E-state index in [9.17, 15) is 13.2 Å². The van der Waals surface area contributed by atoms with Crippen molar-refractivity contribution in [2.45, 2.75) is 25.7 Å². The van der Waals surface area contributed by atoms with Gasteiger partial charge in [-0.25, -0.2) is 13.1 Å². The highest BCUT2D eigenvalue weighted by atomic mass is 32.2. The first-order valence-corrected chi connectivity index (χ1v) is 6.26. The third-order valence-corrected chi connectivity index (χ3v) is 3.09. The molecule has 6 heteroatoms. The summed E-state index contributed by atoms with van der Waals surface area (Å²) in [6.45, 7) is 0.305. The number of nitrogens with one attached hydrogen (secondary N) is 1. The molecule has 86 valence electrons. The average molecular weight is 233 g/mol. The van der Waals surface area contributed by atoms with E-state index in [1.807, 2.05) is 0 Å². The second kappa shape index (κ2) is 7.26. The van der Waals surface area contributed by atoms with Crippen LogP contribution in [0.5, 0.6) is 0 Å². The summed E-state index contributed by atoms with van der Waals surface area (Å²) in [5.74, 6) is 1.25. The van der Waals surface area contributed by atoms with Gasteiger partial charge in [0.25, 0.3) is 0 Å². The van der Waals surface area contributed by atoms with Gasteiger partial charge in [0.15, 0.2) is 0 Å². The van der Waals surface area contributed by atoms with E-state index in [2.05, 4.69) is 10.6 Å². The number of rotatable bonds is 8. The smallest absolute Gasteiger partial charge is 0.303 e. The minimum Gasteiger partial charge on any atom is -0.481 e. The average Bonchev–Trinajstić information content (AvgIpc) is 2.11. The van der Waals surface area contributed by atoms with Gasteiger partial charge in [0.05, 0.1) is 5.75 Å². The molecule has 0 saturated heterocycles. The molecular formula is C9H15NO4S. The highest BCUT2D eigenvalue weighted by Crippen LogP contribution is 1.95. The van der Waals surface area contributed by atoms with Crippen molar-refractivity contribution in [3.8, 4) is 12.3 Å². The molecule has 0 aromatic rings. The van der Waals surface area contributed by atoms with Gasteiger partial charge in [-0.2, -0.15) is 0 Å². The molecule has 0 aliphatic carbocycles. The Hall–Kier alpha value is -1.06. The Morgan fingerprint density at radius 1 is 1.40 bits per heavy atom. The number of carboxylic acids is 1. The molecule has 0 unspecified atom stereocenters. The topological polar surface area (TPSA) is 83.5 Å². The van der Waals surface area contributed by atoms with Crippen LogP contribution >= 0.6 is 0 Å². The summed E-state index contributed by atoms with van der Waals surface area (Å²) in [6.07, 6.45) is 6.11. The number of unbranched alkanes of at least 4 members (excludes halogenated alkanes) is 1. The second-order valence-corrected chi connectivity index (χ2v) is 4.94. The molecule has 0 fully saturated rings. The van der Waals surface area contributed by atoms with Crippen molar-refractivity contribution in [2.75, 3.05) is 12.3 Å². The fraction of sp³-hybridized carbons (Fsp3) is 0.667. The van der Waals surface area contributed by atoms with Crippen LogP contribution in [0.2, 0.25) is 0 Å². The van der Waals surface area contributed by atoms with Crippen molar-refractivity contribution < 1.29 is 18.3 Å². The number of aliphatic carboxylic acids is 1. The fourth-order valence-electron chi connectivity index (χ4n) is 0.904. The first-order chi connectivity index (χ1) is 6.98. The molecular weight excluding hydrogens is 218 g/mol. The monoisotopic (exact) mass is 233 g/mol. The summed E-state index contributed by atoms with van der Waals surface area (Å²) in [5, 5.41) is 8.32. The SMILES string of the molecule is C#CCCCNS(=O)(=O)CCCC(=O)O. The van der Waals surface area contributed by atoms with E-state index < -0.39 is 16.0 Å². The van der Waals surface area contributed by atoms with Gasteiger partial charge in [-0.3, -0.25) is 4.79 Å². The lowest BCUT2D eigenvalue weighted by atomic mass is 10.3. The van der Waals surface area contributed by atoms with Crippen molar-refractivity contribution in [2.24, 2.45) is 0 Å². The van der Waals surface area contributed by atoms with Gasteiger partial charge in [-0.1, -0.05) is 0 Å². The number of hydrogen-bond acceptors (Lipinski definition) is 3. The third-order valence-electron chi connectivity index (χ3n) is 1.62. The Morgan fingerprint density at radius 3 is 2.60 bits per heavy atom. The predicted molar refractivity (Wildman–Crippen MR) is 56.7 cm³/mol. The number of hydrogen-bond donors (Lipinski definition) is 2. The van der Waals surface area contributed by atoms with E-state index in [0.29, 0.717) is 19.4 Å². The van der Waals surface area contributed by atoms with Crippen LogP contribution in [0.15, 0.2) is 0 Å². The lowest BCUT2D eigenvalue weighted by molar-refractivity contribution is -0.137. The Bertz CT molecular complexity index is 329. The fourth-order valence-corrected chi connectivity index (χ4v) is 2.03. The molecule has 0 saturated carbocycles. The molecule has 0 amide bonds. The standard InChI is InChI=1S/C9H15NO4S/c1-2-3-4-7-10-15(13,14)8-5-6-9(11)12/h1,10H,3-8H2,(H,11,12). The maximum atomic E-state index is 11.2. The number of carboxylic acid groups (broad SMARTS) is 1. The van der Waals surface area contributed by atoms with Gasteiger partial charge in [0, 0.05) is 19.4 Å². The van der Waals surface area contributed by atoms with E-state index in [1.165, 1.54) is 0 Å². The quantitative estimate of drug-likeness (QED) is 0.463. The van der Waals surface area contributed by atoms with Crippen LogP contribution in [-0.4, -0.2) is 31.8 Å². The Kier molecular flexibility index (Phi) is 6.75. The zero-order valence-corrected chi connectivity index (χ0v) is 9.22. The zero-order valence-electron chi connectivity index (χ0n) is 8.40. The molecule has 0 bridgehead atoms. The molecule has 0 aromatic carbocycles. The van der Waals surface area contributed by atoms with Crippen molar-refractivity contribution in [1.29, 1.82) is 0 Å². The van der Waals surface area contributed by atoms with Gasteiger partial charge >= 0.3 is 5.97 Å². The summed E-state index contributed by atoms with van der Waals surface area (Å²) in [5.41, 5.74) is 0. The molecule has 0 atom stereocenters. The molecule has 0 radical (unpaired) electrons. The van der Waals surface area contributed by atoms with E-state index >= 15 is 0 Å². The summed E-state index contributed by atoms with van der Waals surface area (Å²) in [4.78, 5) is 10.1. The maximum absolute atomic E-state index is 11.2. The predicted octanol–water partition coefficient (Wildman–Crippen LogP) is 0.184. The van der Waals surface area contributed by atoms with Crippen LogP contribution in [0.25, 0.3) is 0 Å². The largest absolute Gasteiger partial charge is 0.481 e. The Morgan fingerprint density at radius 2 is 2.07 bits per heavy atom. The van der Waals surface area contributed by atoms with Gasteiger partial charge in [0.2, 0.25) is 10.0 Å². The number of carbonyl (C=O) groups is 1. The summed E-state index contributed by atoms with van der Waals surface area (Å²) in [7, 11) is -3.34. The summed E-state index contributed by atoms with van der Waals surface area (Å²) < 4.78 is 24.8. The van der Waals surface area contributed by atoms with Gasteiger partial charge in [-0.15, -0.1) is 12.3 Å². The van der Waals surface area contributed by atoms with Crippen molar-refractivity contribution >= 4 is 16.0 Å². The van der Waals surface area contributed by atoms with E-state index in [1.54, 1.807) is 0 Å². The molecule has 2 N–H and O–H groups in total. The van der Waals surface area contributed by atoms with Crippen molar-refractivity contribution in [3.63, 3.8) is 0 Å². The van der Waals surface area contributed by atoms with Crippen LogP contribution in [0.4, 0.5) is 0 Å². The Balaban J connectivity index is 3.69. The molecule has 0 aliphatic heterocycles.